The molecule has 0 aliphatic carbocycles. The summed E-state index contributed by atoms with van der Waals surface area (Å²) in [5.41, 5.74) is 1.13. The zero-order chi connectivity index (χ0) is 14.9. The van der Waals surface area contributed by atoms with Crippen LogP contribution < -0.4 is 0 Å². The number of rotatable bonds is 4. The summed E-state index contributed by atoms with van der Waals surface area (Å²) in [5.74, 6) is -0.0467. The highest BCUT2D eigenvalue weighted by Crippen LogP contribution is 2.40. The van der Waals surface area contributed by atoms with E-state index in [0.717, 1.165) is 11.1 Å². The average Bonchev–Trinajstić information content (AvgIpc) is 2.58. The Balaban J connectivity index is 2.50. The first-order valence-corrected chi connectivity index (χ1v) is 7.87. The Morgan fingerprint density at radius 1 is 1.20 bits per heavy atom. The van der Waals surface area contributed by atoms with E-state index < -0.39 is 5.60 Å². The second kappa shape index (κ2) is 5.52. The summed E-state index contributed by atoms with van der Waals surface area (Å²) in [5, 5.41) is 0. The van der Waals surface area contributed by atoms with Crippen molar-refractivity contribution in [2.45, 2.75) is 44.3 Å². The number of hydrogen-bond acceptors (Lipinski definition) is 4. The minimum atomic E-state index is -0.665. The fourth-order valence-electron chi connectivity index (χ4n) is 2.28. The Bertz CT molecular complexity index is 541. The number of cyclic esters (lactones) is 1. The molecule has 2 rings (SSSR count). The first-order chi connectivity index (χ1) is 9.35. The van der Waals surface area contributed by atoms with E-state index in [2.05, 4.69) is 0 Å². The van der Waals surface area contributed by atoms with Crippen molar-refractivity contribution in [2.24, 2.45) is 0 Å². The van der Waals surface area contributed by atoms with Gasteiger partial charge in [0, 0.05) is 4.90 Å². The highest BCUT2D eigenvalue weighted by molar-refractivity contribution is 7.98. The summed E-state index contributed by atoms with van der Waals surface area (Å²) in [4.78, 5) is 13.2. The molecule has 0 amide bonds. The fraction of sp³-hybridized carbons (Fsp3) is 0.438. The molecule has 0 aromatic heterocycles. The lowest BCUT2D eigenvalue weighted by atomic mass is 9.92. The summed E-state index contributed by atoms with van der Waals surface area (Å²) in [6, 6.07) is 8.10. The highest BCUT2D eigenvalue weighted by Gasteiger charge is 2.42. The predicted octanol–water partition coefficient (Wildman–Crippen LogP) is 3.88. The third kappa shape index (κ3) is 2.85. The molecule has 3 nitrogen and oxygen atoms in total. The number of benzene rings is 1. The monoisotopic (exact) mass is 292 g/mol. The maximum Gasteiger partial charge on any atom is 0.374 e. The van der Waals surface area contributed by atoms with Gasteiger partial charge in [-0.1, -0.05) is 12.1 Å². The van der Waals surface area contributed by atoms with Crippen molar-refractivity contribution in [3.63, 3.8) is 0 Å². The van der Waals surface area contributed by atoms with Crippen LogP contribution >= 0.6 is 11.8 Å². The van der Waals surface area contributed by atoms with Crippen LogP contribution in [0.2, 0.25) is 0 Å². The molecule has 0 saturated carbocycles. The van der Waals surface area contributed by atoms with E-state index in [9.17, 15) is 4.79 Å². The van der Waals surface area contributed by atoms with E-state index >= 15 is 0 Å². The van der Waals surface area contributed by atoms with Crippen LogP contribution in [0, 0.1) is 0 Å². The first-order valence-electron chi connectivity index (χ1n) is 6.64. The molecule has 0 saturated heterocycles. The van der Waals surface area contributed by atoms with Gasteiger partial charge in [-0.15, -0.1) is 11.8 Å². The molecule has 0 bridgehead atoms. The molecule has 1 aliphatic heterocycles. The van der Waals surface area contributed by atoms with E-state index in [0.29, 0.717) is 5.76 Å². The quantitative estimate of drug-likeness (QED) is 0.623. The Morgan fingerprint density at radius 2 is 1.80 bits per heavy atom. The summed E-state index contributed by atoms with van der Waals surface area (Å²) in [6.45, 7) is 7.58. The van der Waals surface area contributed by atoms with Gasteiger partial charge in [0.05, 0.1) is 11.7 Å². The van der Waals surface area contributed by atoms with Crippen LogP contribution in [0.25, 0.3) is 5.57 Å². The predicted molar refractivity (Wildman–Crippen MR) is 81.5 cm³/mol. The van der Waals surface area contributed by atoms with Crippen molar-refractivity contribution in [3.8, 4) is 0 Å². The number of hydrogen-bond donors (Lipinski definition) is 0. The van der Waals surface area contributed by atoms with Crippen molar-refractivity contribution >= 4 is 23.3 Å². The Kier molecular flexibility index (Phi) is 4.14. The standard InChI is InChI=1S/C16H20O3S/c1-10(2)18-14-13(16(3,4)19-15(14)17)11-6-8-12(20-5)9-7-11/h6-10H,1-5H3. The molecule has 108 valence electrons. The largest absolute Gasteiger partial charge is 0.484 e. The molecule has 0 fully saturated rings. The summed E-state index contributed by atoms with van der Waals surface area (Å²) < 4.78 is 11.1. The van der Waals surface area contributed by atoms with Crippen molar-refractivity contribution in [3.05, 3.63) is 35.6 Å². The third-order valence-electron chi connectivity index (χ3n) is 3.09. The van der Waals surface area contributed by atoms with Gasteiger partial charge in [0.1, 0.15) is 5.60 Å². The maximum atomic E-state index is 12.0. The van der Waals surface area contributed by atoms with Gasteiger partial charge < -0.3 is 9.47 Å². The fourth-order valence-corrected chi connectivity index (χ4v) is 2.69. The van der Waals surface area contributed by atoms with Crippen molar-refractivity contribution in [2.75, 3.05) is 6.26 Å². The number of ether oxygens (including phenoxy) is 2. The molecule has 1 heterocycles. The van der Waals surface area contributed by atoms with Crippen molar-refractivity contribution < 1.29 is 14.3 Å². The van der Waals surface area contributed by atoms with E-state index in [1.165, 1.54) is 4.90 Å². The molecule has 0 atom stereocenters. The average molecular weight is 292 g/mol. The molecule has 20 heavy (non-hydrogen) atoms. The number of carbonyl (C=O) groups is 1. The third-order valence-corrected chi connectivity index (χ3v) is 3.84. The van der Waals surface area contributed by atoms with Gasteiger partial charge in [-0.2, -0.15) is 0 Å². The number of esters is 1. The van der Waals surface area contributed by atoms with E-state index in [-0.39, 0.29) is 12.1 Å². The van der Waals surface area contributed by atoms with Crippen molar-refractivity contribution in [1.29, 1.82) is 0 Å². The van der Waals surface area contributed by atoms with Gasteiger partial charge in [-0.3, -0.25) is 0 Å². The Morgan fingerprint density at radius 3 is 2.30 bits per heavy atom. The SMILES string of the molecule is CSc1ccc(C2=C(OC(C)C)C(=O)OC2(C)C)cc1. The zero-order valence-electron chi connectivity index (χ0n) is 12.5. The van der Waals surface area contributed by atoms with E-state index in [4.69, 9.17) is 9.47 Å². The van der Waals surface area contributed by atoms with Crippen LogP contribution in [0.3, 0.4) is 0 Å². The lowest BCUT2D eigenvalue weighted by molar-refractivity contribution is -0.147. The van der Waals surface area contributed by atoms with Crippen LogP contribution in [0.1, 0.15) is 33.3 Å². The molecule has 0 N–H and O–H groups in total. The molecular weight excluding hydrogens is 272 g/mol. The van der Waals surface area contributed by atoms with Gasteiger partial charge in [-0.05, 0) is 51.6 Å². The zero-order valence-corrected chi connectivity index (χ0v) is 13.3. The summed E-state index contributed by atoms with van der Waals surface area (Å²) >= 11 is 1.69. The second-order valence-electron chi connectivity index (χ2n) is 5.50. The number of thioether (sulfide) groups is 1. The summed E-state index contributed by atoms with van der Waals surface area (Å²) in [7, 11) is 0. The van der Waals surface area contributed by atoms with Gasteiger partial charge in [-0.25, -0.2) is 4.79 Å². The minimum absolute atomic E-state index is 0.0630. The van der Waals surface area contributed by atoms with Gasteiger partial charge in [0.25, 0.3) is 0 Å². The smallest absolute Gasteiger partial charge is 0.374 e. The Labute approximate surface area is 124 Å². The van der Waals surface area contributed by atoms with Crippen LogP contribution in [0.4, 0.5) is 0 Å². The minimum Gasteiger partial charge on any atom is -0.484 e. The maximum absolute atomic E-state index is 12.0. The van der Waals surface area contributed by atoms with Gasteiger partial charge in [0.2, 0.25) is 5.76 Å². The van der Waals surface area contributed by atoms with Crippen molar-refractivity contribution in [1.82, 2.24) is 0 Å². The van der Waals surface area contributed by atoms with Crippen LogP contribution in [-0.4, -0.2) is 23.9 Å². The molecule has 1 aromatic rings. The molecule has 1 aliphatic rings. The second-order valence-corrected chi connectivity index (χ2v) is 6.38. The first kappa shape index (κ1) is 15.0. The molecule has 0 radical (unpaired) electrons. The van der Waals surface area contributed by atoms with Crippen LogP contribution in [0.15, 0.2) is 34.9 Å². The van der Waals surface area contributed by atoms with Crippen LogP contribution in [-0.2, 0) is 14.3 Å². The molecule has 4 heteroatoms. The van der Waals surface area contributed by atoms with E-state index in [1.807, 2.05) is 58.2 Å². The number of carbonyl (C=O) groups excluding carboxylic acids is 1. The molecule has 1 aromatic carbocycles. The van der Waals surface area contributed by atoms with Gasteiger partial charge in [0.15, 0.2) is 0 Å². The highest BCUT2D eigenvalue weighted by atomic mass is 32.2. The van der Waals surface area contributed by atoms with Gasteiger partial charge >= 0.3 is 5.97 Å². The topological polar surface area (TPSA) is 35.5 Å². The lowest BCUT2D eigenvalue weighted by Gasteiger charge is -2.21. The normalized spacial score (nSPS) is 17.6. The van der Waals surface area contributed by atoms with E-state index in [1.54, 1.807) is 11.8 Å². The van der Waals surface area contributed by atoms with Crippen LogP contribution in [0.5, 0.6) is 0 Å². The molecule has 0 spiro atoms. The lowest BCUT2D eigenvalue weighted by Crippen LogP contribution is -2.22. The Hall–Kier alpha value is -1.42. The molecule has 0 unspecified atom stereocenters. The summed E-state index contributed by atoms with van der Waals surface area (Å²) in [6.07, 6.45) is 1.97. The molecular formula is C16H20O3S.